The first-order valence-electron chi connectivity index (χ1n) is 8.69. The van der Waals surface area contributed by atoms with Crippen LogP contribution >= 0.6 is 0 Å². The Morgan fingerprint density at radius 3 is 1.53 bits per heavy atom. The van der Waals surface area contributed by atoms with E-state index in [9.17, 15) is 0 Å². The Morgan fingerprint density at radius 1 is 0.667 bits per heavy atom. The summed E-state index contributed by atoms with van der Waals surface area (Å²) in [5.74, 6) is 1.34. The minimum atomic E-state index is 0. The van der Waals surface area contributed by atoms with E-state index in [2.05, 4.69) is 48.1 Å². The zero-order valence-corrected chi connectivity index (χ0v) is 19.8. The van der Waals surface area contributed by atoms with E-state index in [0.717, 1.165) is 22.8 Å². The first-order chi connectivity index (χ1) is 12.7. The fourth-order valence-corrected chi connectivity index (χ4v) is 3.32. The van der Waals surface area contributed by atoms with Gasteiger partial charge in [-0.15, -0.1) is 0 Å². The van der Waals surface area contributed by atoms with Crippen LogP contribution in [0.3, 0.4) is 0 Å². The number of amidine groups is 2. The maximum Gasteiger partial charge on any atom is 0.174 e. The van der Waals surface area contributed by atoms with Crippen molar-refractivity contribution in [2.45, 2.75) is 25.9 Å². The van der Waals surface area contributed by atoms with Crippen LogP contribution in [0.25, 0.3) is 0 Å². The second kappa shape index (κ2) is 10.5. The van der Waals surface area contributed by atoms with Crippen molar-refractivity contribution in [1.82, 2.24) is 4.98 Å². The molecule has 1 aromatic rings. The molecule has 155 valence electrons. The molecule has 1 radical (unpaired) electrons. The molecular formula is C21H17Cl3N5V-3. The summed E-state index contributed by atoms with van der Waals surface area (Å²) in [5.41, 5.74) is 5.85. The molecule has 3 heterocycles. The largest absolute Gasteiger partial charge is 1.00 e. The van der Waals surface area contributed by atoms with Gasteiger partial charge in [-0.25, -0.2) is 15.0 Å². The molecule has 5 rings (SSSR count). The van der Waals surface area contributed by atoms with Gasteiger partial charge in [0.1, 0.15) is 23.5 Å². The summed E-state index contributed by atoms with van der Waals surface area (Å²) in [7, 11) is 0. The zero-order valence-electron chi connectivity index (χ0n) is 16.2. The number of pyridine rings is 1. The number of aliphatic imine (C=N–C) groups is 4. The van der Waals surface area contributed by atoms with Gasteiger partial charge in [-0.1, -0.05) is 41.5 Å². The summed E-state index contributed by atoms with van der Waals surface area (Å²) in [6.45, 7) is 4.14. The first-order valence-corrected chi connectivity index (χ1v) is 8.69. The number of rotatable bonds is 2. The van der Waals surface area contributed by atoms with Crippen LogP contribution in [0.2, 0.25) is 0 Å². The quantitative estimate of drug-likeness (QED) is 0.403. The van der Waals surface area contributed by atoms with Crippen molar-refractivity contribution in [2.75, 3.05) is 0 Å². The maximum atomic E-state index is 4.73. The van der Waals surface area contributed by atoms with Crippen LogP contribution in [0, 0.1) is 0 Å². The van der Waals surface area contributed by atoms with Gasteiger partial charge in [0, 0.05) is 18.6 Å². The number of nitrogens with zero attached hydrogens (tertiary/aromatic N) is 5. The average molecular weight is 497 g/mol. The van der Waals surface area contributed by atoms with Crippen LogP contribution in [-0.2, 0) is 18.6 Å². The summed E-state index contributed by atoms with van der Waals surface area (Å²) in [4.78, 5) is 23.4. The van der Waals surface area contributed by atoms with Crippen LogP contribution in [0.1, 0.15) is 25.2 Å². The van der Waals surface area contributed by atoms with E-state index in [1.54, 1.807) is 0 Å². The molecule has 0 fully saturated rings. The molecular weight excluding hydrogens is 480 g/mol. The number of aromatic nitrogens is 1. The summed E-state index contributed by atoms with van der Waals surface area (Å²) < 4.78 is 0. The minimum absolute atomic E-state index is 0. The summed E-state index contributed by atoms with van der Waals surface area (Å²) in [5, 5.41) is 0. The third-order valence-corrected chi connectivity index (χ3v) is 4.68. The van der Waals surface area contributed by atoms with Crippen molar-refractivity contribution in [3.8, 4) is 0 Å². The molecule has 0 N–H and O–H groups in total. The summed E-state index contributed by atoms with van der Waals surface area (Å²) in [6, 6.07) is 5.84. The number of hydrogen-bond donors (Lipinski definition) is 0. The molecule has 2 aliphatic heterocycles. The van der Waals surface area contributed by atoms with Crippen molar-refractivity contribution >= 4 is 23.1 Å². The zero-order chi connectivity index (χ0) is 17.7. The van der Waals surface area contributed by atoms with Crippen LogP contribution in [0.15, 0.2) is 85.8 Å². The Kier molecular flexibility index (Phi) is 9.21. The Balaban J connectivity index is 0.00000112. The first kappa shape index (κ1) is 26.3. The van der Waals surface area contributed by atoms with E-state index in [1.807, 2.05) is 30.4 Å². The predicted octanol–water partition coefficient (Wildman–Crippen LogP) is -5.74. The predicted molar refractivity (Wildman–Crippen MR) is 106 cm³/mol. The van der Waals surface area contributed by atoms with Crippen LogP contribution in [0.4, 0.5) is 0 Å². The third-order valence-electron chi connectivity index (χ3n) is 4.68. The molecule has 30 heavy (non-hydrogen) atoms. The Labute approximate surface area is 206 Å². The van der Waals surface area contributed by atoms with Crippen LogP contribution in [-0.4, -0.2) is 40.2 Å². The molecule has 9 heteroatoms. The fraction of sp³-hybridized carbons (Fsp3) is 0.190. The Hall–Kier alpha value is -1.76. The Morgan fingerprint density at radius 2 is 1.10 bits per heavy atom. The van der Waals surface area contributed by atoms with Gasteiger partial charge in [0.05, 0.1) is 11.4 Å². The van der Waals surface area contributed by atoms with Gasteiger partial charge in [-0.3, -0.25) is 9.98 Å². The topological polar surface area (TPSA) is 62.3 Å². The standard InChI is InChI=1S/C21H17N5.3ClH.V/c1-12-6-8-14-18(10-12)25-20(23-14)16-4-3-5-17(22-16)21-24-15-9-7-13(2)11-19(15)26-21;;;;/h3-11,18-19H,1-2H3;3*1H;/p-3. The van der Waals surface area contributed by atoms with Gasteiger partial charge in [-0.05, 0) is 38.1 Å². The number of allylic oxidation sites excluding steroid dienone is 4. The van der Waals surface area contributed by atoms with Crippen LogP contribution < -0.4 is 37.2 Å². The van der Waals surface area contributed by atoms with Gasteiger partial charge < -0.3 is 37.2 Å². The number of halogens is 3. The molecule has 0 saturated carbocycles. The summed E-state index contributed by atoms with van der Waals surface area (Å²) in [6.07, 6.45) is 12.4. The van der Waals surface area contributed by atoms with Crippen LogP contribution in [0.5, 0.6) is 0 Å². The average Bonchev–Trinajstić information content (AvgIpc) is 3.25. The molecule has 4 aliphatic rings. The van der Waals surface area contributed by atoms with Gasteiger partial charge >= 0.3 is 0 Å². The SMILES string of the molecule is CC1=CC2N=C(c3cccc(C4=NC5C=C(C)C=CC5=N4)n3)N=C2C=C1.[Cl-].[Cl-].[Cl-].[V]. The molecule has 0 bridgehead atoms. The van der Waals surface area contributed by atoms with Gasteiger partial charge in [0.2, 0.25) is 0 Å². The third kappa shape index (κ3) is 4.93. The molecule has 0 aromatic carbocycles. The second-order valence-corrected chi connectivity index (χ2v) is 6.76. The minimum Gasteiger partial charge on any atom is -1.00 e. The monoisotopic (exact) mass is 495 g/mol. The molecule has 2 atom stereocenters. The van der Waals surface area contributed by atoms with E-state index >= 15 is 0 Å². The molecule has 2 aliphatic carbocycles. The van der Waals surface area contributed by atoms with Gasteiger partial charge in [0.15, 0.2) is 11.7 Å². The van der Waals surface area contributed by atoms with Crippen molar-refractivity contribution in [1.29, 1.82) is 0 Å². The molecule has 0 spiro atoms. The fourth-order valence-electron chi connectivity index (χ4n) is 3.32. The molecule has 0 amide bonds. The van der Waals surface area contributed by atoms with E-state index in [-0.39, 0.29) is 67.9 Å². The molecule has 5 nitrogen and oxygen atoms in total. The number of fused-ring (bicyclic) bond motifs is 2. The normalized spacial score (nSPS) is 22.2. The van der Waals surface area contributed by atoms with E-state index in [1.165, 1.54) is 11.1 Å². The van der Waals surface area contributed by atoms with Gasteiger partial charge in [0.25, 0.3) is 0 Å². The summed E-state index contributed by atoms with van der Waals surface area (Å²) >= 11 is 0. The van der Waals surface area contributed by atoms with Crippen molar-refractivity contribution in [3.05, 3.63) is 77.2 Å². The van der Waals surface area contributed by atoms with Crippen molar-refractivity contribution < 1.29 is 55.8 Å². The maximum absolute atomic E-state index is 4.73. The van der Waals surface area contributed by atoms with Gasteiger partial charge in [-0.2, -0.15) is 0 Å². The van der Waals surface area contributed by atoms with Crippen molar-refractivity contribution in [3.63, 3.8) is 0 Å². The molecule has 2 unspecified atom stereocenters. The second-order valence-electron chi connectivity index (χ2n) is 6.76. The molecule has 0 saturated heterocycles. The number of hydrogen-bond acceptors (Lipinski definition) is 5. The Bertz CT molecular complexity index is 999. The van der Waals surface area contributed by atoms with Crippen molar-refractivity contribution in [2.24, 2.45) is 20.0 Å². The smallest absolute Gasteiger partial charge is 0.174 e. The van der Waals surface area contributed by atoms with E-state index < -0.39 is 0 Å². The molecule has 1 aromatic heterocycles. The van der Waals surface area contributed by atoms with E-state index in [0.29, 0.717) is 11.7 Å². The van der Waals surface area contributed by atoms with E-state index in [4.69, 9.17) is 15.0 Å².